The van der Waals surface area contributed by atoms with Crippen molar-refractivity contribution in [1.29, 1.82) is 0 Å². The van der Waals surface area contributed by atoms with Gasteiger partial charge in [0.25, 0.3) is 0 Å². The van der Waals surface area contributed by atoms with Crippen LogP contribution in [0.4, 0.5) is 0 Å². The fraction of sp³-hybridized carbons (Fsp3) is 0.304. The summed E-state index contributed by atoms with van der Waals surface area (Å²) < 4.78 is 5.96. The zero-order chi connectivity index (χ0) is 17.2. The average molecular weight is 320 g/mol. The first-order valence-electron chi connectivity index (χ1n) is 9.05. The Labute approximate surface area is 146 Å². The average Bonchev–Trinajstić information content (AvgIpc) is 2.67. The van der Waals surface area contributed by atoms with Crippen molar-refractivity contribution in [2.24, 2.45) is 0 Å². The lowest BCUT2D eigenvalue weighted by Crippen LogP contribution is -1.96. The van der Waals surface area contributed by atoms with Crippen LogP contribution >= 0.6 is 0 Å². The van der Waals surface area contributed by atoms with Gasteiger partial charge in [-0.05, 0) is 46.9 Å². The summed E-state index contributed by atoms with van der Waals surface area (Å²) in [5.41, 5.74) is 2.62. The predicted molar refractivity (Wildman–Crippen MR) is 105 cm³/mol. The van der Waals surface area contributed by atoms with Crippen LogP contribution in [-0.2, 0) is 13.0 Å². The summed E-state index contributed by atoms with van der Waals surface area (Å²) in [7, 11) is 0. The second-order valence-electron chi connectivity index (χ2n) is 5.67. The number of hydrogen-bond donors (Lipinski definition) is 0. The van der Waals surface area contributed by atoms with Crippen LogP contribution < -0.4 is 4.74 Å². The van der Waals surface area contributed by atoms with Crippen molar-refractivity contribution in [2.75, 3.05) is 0 Å². The number of ether oxygens (including phenoxy) is 1. The molecular formula is C23H28O. The van der Waals surface area contributed by atoms with Gasteiger partial charge in [0.15, 0.2) is 0 Å². The van der Waals surface area contributed by atoms with Crippen molar-refractivity contribution in [2.45, 2.75) is 46.6 Å². The Kier molecular flexibility index (Phi) is 7.35. The second-order valence-corrected chi connectivity index (χ2v) is 5.67. The van der Waals surface area contributed by atoms with Gasteiger partial charge in [0, 0.05) is 0 Å². The second kappa shape index (κ2) is 9.77. The Morgan fingerprint density at radius 3 is 2.25 bits per heavy atom. The van der Waals surface area contributed by atoms with Gasteiger partial charge in [-0.25, -0.2) is 0 Å². The summed E-state index contributed by atoms with van der Waals surface area (Å²) >= 11 is 0. The normalized spacial score (nSPS) is 10.1. The topological polar surface area (TPSA) is 9.23 Å². The highest BCUT2D eigenvalue weighted by molar-refractivity contribution is 5.85. The maximum Gasteiger partial charge on any atom is 0.119 e. The lowest BCUT2D eigenvalue weighted by atomic mass is 10.1. The fourth-order valence-corrected chi connectivity index (χ4v) is 2.71. The molecule has 24 heavy (non-hydrogen) atoms. The molecule has 0 aromatic heterocycles. The molecule has 3 aromatic carbocycles. The molecule has 0 saturated heterocycles. The third-order valence-corrected chi connectivity index (χ3v) is 4.02. The van der Waals surface area contributed by atoms with Crippen molar-refractivity contribution < 1.29 is 4.74 Å². The van der Waals surface area contributed by atoms with Crippen molar-refractivity contribution >= 4 is 10.8 Å². The summed E-state index contributed by atoms with van der Waals surface area (Å²) in [6, 6.07) is 23.3. The quantitative estimate of drug-likeness (QED) is 0.486. The first kappa shape index (κ1) is 18.1. The van der Waals surface area contributed by atoms with E-state index in [4.69, 9.17) is 4.74 Å². The molecule has 0 heterocycles. The highest BCUT2D eigenvalue weighted by atomic mass is 16.5. The number of fused-ring (bicyclic) bond motifs is 1. The molecule has 0 saturated carbocycles. The molecule has 1 heteroatoms. The maximum absolute atomic E-state index is 5.96. The summed E-state index contributed by atoms with van der Waals surface area (Å²) in [6.45, 7) is 6.83. The Morgan fingerprint density at radius 1 is 0.792 bits per heavy atom. The van der Waals surface area contributed by atoms with Crippen molar-refractivity contribution in [3.05, 3.63) is 77.9 Å². The van der Waals surface area contributed by atoms with E-state index in [-0.39, 0.29) is 0 Å². The number of benzene rings is 3. The van der Waals surface area contributed by atoms with Gasteiger partial charge in [0.1, 0.15) is 12.4 Å². The monoisotopic (exact) mass is 320 g/mol. The van der Waals surface area contributed by atoms with Gasteiger partial charge in [0.05, 0.1) is 0 Å². The molecule has 0 fully saturated rings. The highest BCUT2D eigenvalue weighted by Crippen LogP contribution is 2.21. The number of hydrogen-bond acceptors (Lipinski definition) is 1. The minimum Gasteiger partial charge on any atom is -0.489 e. The van der Waals surface area contributed by atoms with Gasteiger partial charge in [-0.15, -0.1) is 0 Å². The minimum atomic E-state index is 0.607. The van der Waals surface area contributed by atoms with E-state index in [1.54, 1.807) is 0 Å². The summed E-state index contributed by atoms with van der Waals surface area (Å²) in [4.78, 5) is 0. The zero-order valence-corrected chi connectivity index (χ0v) is 15.1. The molecule has 126 valence electrons. The minimum absolute atomic E-state index is 0.607. The van der Waals surface area contributed by atoms with Crippen LogP contribution in [0.3, 0.4) is 0 Å². The standard InChI is InChI=1S/C21H22O.C2H6/c1-2-3-7-17-12-14-20(15-13-17)22-16-19-10-6-9-18-8-4-5-11-21(18)19;1-2/h4-6,8-15H,2-3,7,16H2,1H3;1-2H3. The highest BCUT2D eigenvalue weighted by Gasteiger charge is 2.02. The van der Waals surface area contributed by atoms with Crippen LogP contribution in [0.2, 0.25) is 0 Å². The summed E-state index contributed by atoms with van der Waals surface area (Å²) in [5.74, 6) is 0.938. The third-order valence-electron chi connectivity index (χ3n) is 4.02. The molecule has 0 N–H and O–H groups in total. The molecule has 0 aliphatic carbocycles. The lowest BCUT2D eigenvalue weighted by molar-refractivity contribution is 0.307. The maximum atomic E-state index is 5.96. The molecule has 3 aromatic rings. The van der Waals surface area contributed by atoms with Gasteiger partial charge in [-0.3, -0.25) is 0 Å². The molecule has 0 spiro atoms. The zero-order valence-electron chi connectivity index (χ0n) is 15.1. The largest absolute Gasteiger partial charge is 0.489 e. The molecule has 0 amide bonds. The Hall–Kier alpha value is -2.28. The summed E-state index contributed by atoms with van der Waals surface area (Å²) in [6.07, 6.45) is 3.63. The Bertz CT molecular complexity index is 723. The van der Waals surface area contributed by atoms with E-state index in [1.165, 1.54) is 34.7 Å². The van der Waals surface area contributed by atoms with E-state index >= 15 is 0 Å². The molecular weight excluding hydrogens is 292 g/mol. The molecule has 1 nitrogen and oxygen atoms in total. The van der Waals surface area contributed by atoms with Crippen LogP contribution in [-0.4, -0.2) is 0 Å². The van der Waals surface area contributed by atoms with Crippen LogP contribution in [0.25, 0.3) is 10.8 Å². The number of unbranched alkanes of at least 4 members (excludes halogenated alkanes) is 1. The van der Waals surface area contributed by atoms with Crippen molar-refractivity contribution in [3.63, 3.8) is 0 Å². The van der Waals surface area contributed by atoms with Crippen LogP contribution in [0, 0.1) is 0 Å². The number of aryl methyl sites for hydroxylation is 1. The van der Waals surface area contributed by atoms with Gasteiger partial charge >= 0.3 is 0 Å². The predicted octanol–water partition coefficient (Wildman–Crippen LogP) is 6.79. The molecule has 0 radical (unpaired) electrons. The van der Waals surface area contributed by atoms with Crippen molar-refractivity contribution in [3.8, 4) is 5.75 Å². The molecule has 0 aliphatic rings. The van der Waals surface area contributed by atoms with Gasteiger partial charge < -0.3 is 4.74 Å². The van der Waals surface area contributed by atoms with E-state index < -0.39 is 0 Å². The molecule has 3 rings (SSSR count). The van der Waals surface area contributed by atoms with Crippen LogP contribution in [0.1, 0.15) is 44.7 Å². The van der Waals surface area contributed by atoms with Crippen LogP contribution in [0.5, 0.6) is 5.75 Å². The fourth-order valence-electron chi connectivity index (χ4n) is 2.71. The first-order valence-corrected chi connectivity index (χ1v) is 9.05. The van der Waals surface area contributed by atoms with E-state index in [2.05, 4.69) is 73.7 Å². The molecule has 0 atom stereocenters. The van der Waals surface area contributed by atoms with E-state index in [0.717, 1.165) is 12.2 Å². The molecule has 0 aliphatic heterocycles. The first-order chi connectivity index (χ1) is 11.9. The SMILES string of the molecule is CC.CCCCc1ccc(OCc2cccc3ccccc23)cc1. The van der Waals surface area contributed by atoms with Crippen molar-refractivity contribution in [1.82, 2.24) is 0 Å². The molecule has 0 unspecified atom stereocenters. The summed E-state index contributed by atoms with van der Waals surface area (Å²) in [5, 5.41) is 2.53. The van der Waals surface area contributed by atoms with Gasteiger partial charge in [0.2, 0.25) is 0 Å². The van der Waals surface area contributed by atoms with E-state index in [1.807, 2.05) is 13.8 Å². The third kappa shape index (κ3) is 4.86. The van der Waals surface area contributed by atoms with Gasteiger partial charge in [-0.2, -0.15) is 0 Å². The number of rotatable bonds is 6. The van der Waals surface area contributed by atoms with E-state index in [0.29, 0.717) is 6.61 Å². The lowest BCUT2D eigenvalue weighted by Gasteiger charge is -2.10. The van der Waals surface area contributed by atoms with E-state index in [9.17, 15) is 0 Å². The van der Waals surface area contributed by atoms with Gasteiger partial charge in [-0.1, -0.05) is 81.8 Å². The molecule has 0 bridgehead atoms. The smallest absolute Gasteiger partial charge is 0.119 e. The Balaban J connectivity index is 0.00000100. The Morgan fingerprint density at radius 2 is 1.50 bits per heavy atom. The van der Waals surface area contributed by atoms with Crippen LogP contribution in [0.15, 0.2) is 66.7 Å².